The molecule has 4 heteroatoms. The van der Waals surface area contributed by atoms with Gasteiger partial charge in [0.1, 0.15) is 5.75 Å². The number of esters is 1. The van der Waals surface area contributed by atoms with Crippen LogP contribution in [0.2, 0.25) is 0 Å². The van der Waals surface area contributed by atoms with Gasteiger partial charge in [0.2, 0.25) is 0 Å². The third kappa shape index (κ3) is 3.18. The van der Waals surface area contributed by atoms with Gasteiger partial charge in [0.15, 0.2) is 6.10 Å². The van der Waals surface area contributed by atoms with E-state index in [1.807, 2.05) is 30.3 Å². The Morgan fingerprint density at radius 3 is 2.74 bits per heavy atom. The molecular formula is C15H15IO3. The standard InChI is InChI=1S/C15H15IO3/c1-3-18-15(17)10(2)19-13-9-8-11-6-4-5-7-12(11)14(13)16/h4-10H,3H2,1-2H3. The van der Waals surface area contributed by atoms with Crippen LogP contribution in [0.3, 0.4) is 0 Å². The molecule has 100 valence electrons. The fourth-order valence-corrected chi connectivity index (χ4v) is 2.60. The van der Waals surface area contributed by atoms with Crippen molar-refractivity contribution in [1.29, 1.82) is 0 Å². The molecule has 0 radical (unpaired) electrons. The second kappa shape index (κ2) is 6.23. The van der Waals surface area contributed by atoms with Crippen molar-refractivity contribution in [3.8, 4) is 5.75 Å². The Morgan fingerprint density at radius 1 is 1.26 bits per heavy atom. The third-order valence-corrected chi connectivity index (χ3v) is 3.86. The van der Waals surface area contributed by atoms with Crippen molar-refractivity contribution < 1.29 is 14.3 Å². The molecule has 2 aromatic rings. The molecular weight excluding hydrogens is 355 g/mol. The Hall–Kier alpha value is -1.30. The summed E-state index contributed by atoms with van der Waals surface area (Å²) >= 11 is 2.24. The second-order valence-corrected chi connectivity index (χ2v) is 5.19. The number of hydrogen-bond donors (Lipinski definition) is 0. The van der Waals surface area contributed by atoms with Crippen molar-refractivity contribution in [3.05, 3.63) is 40.0 Å². The number of fused-ring (bicyclic) bond motifs is 1. The molecule has 0 aliphatic carbocycles. The van der Waals surface area contributed by atoms with Gasteiger partial charge in [-0.3, -0.25) is 0 Å². The lowest BCUT2D eigenvalue weighted by Gasteiger charge is -2.15. The molecule has 3 nitrogen and oxygen atoms in total. The highest BCUT2D eigenvalue weighted by Gasteiger charge is 2.17. The third-order valence-electron chi connectivity index (χ3n) is 2.75. The minimum Gasteiger partial charge on any atom is -0.478 e. The van der Waals surface area contributed by atoms with Gasteiger partial charge < -0.3 is 9.47 Å². The maximum atomic E-state index is 11.6. The van der Waals surface area contributed by atoms with Crippen molar-refractivity contribution in [3.63, 3.8) is 0 Å². The van der Waals surface area contributed by atoms with Gasteiger partial charge in [0.05, 0.1) is 10.2 Å². The van der Waals surface area contributed by atoms with E-state index in [0.717, 1.165) is 14.3 Å². The summed E-state index contributed by atoms with van der Waals surface area (Å²) < 4.78 is 11.6. The summed E-state index contributed by atoms with van der Waals surface area (Å²) in [5, 5.41) is 2.28. The quantitative estimate of drug-likeness (QED) is 0.607. The zero-order chi connectivity index (χ0) is 13.8. The molecule has 0 amide bonds. The number of hydrogen-bond acceptors (Lipinski definition) is 3. The van der Waals surface area contributed by atoms with Crippen LogP contribution < -0.4 is 4.74 Å². The monoisotopic (exact) mass is 370 g/mol. The summed E-state index contributed by atoms with van der Waals surface area (Å²) in [7, 11) is 0. The number of halogens is 1. The summed E-state index contributed by atoms with van der Waals surface area (Å²) in [5.41, 5.74) is 0. The smallest absolute Gasteiger partial charge is 0.347 e. The Kier molecular flexibility index (Phi) is 4.63. The topological polar surface area (TPSA) is 35.5 Å². The first kappa shape index (κ1) is 14.1. The fourth-order valence-electron chi connectivity index (χ4n) is 1.80. The number of carbonyl (C=O) groups is 1. The molecule has 0 saturated carbocycles. The maximum Gasteiger partial charge on any atom is 0.347 e. The average molecular weight is 370 g/mol. The summed E-state index contributed by atoms with van der Waals surface area (Å²) in [4.78, 5) is 11.6. The predicted octanol–water partition coefficient (Wildman–Crippen LogP) is 3.77. The molecule has 0 saturated heterocycles. The van der Waals surface area contributed by atoms with Crippen LogP contribution in [0, 0.1) is 3.57 Å². The molecule has 1 atom stereocenters. The summed E-state index contributed by atoms with van der Waals surface area (Å²) in [6.07, 6.45) is -0.602. The number of carbonyl (C=O) groups excluding carboxylic acids is 1. The van der Waals surface area contributed by atoms with Crippen molar-refractivity contribution in [2.45, 2.75) is 20.0 Å². The number of benzene rings is 2. The van der Waals surface area contributed by atoms with Crippen LogP contribution in [0.15, 0.2) is 36.4 Å². The molecule has 1 unspecified atom stereocenters. The lowest BCUT2D eigenvalue weighted by molar-refractivity contribution is -0.150. The first-order chi connectivity index (χ1) is 9.13. The molecule has 2 aromatic carbocycles. The van der Waals surface area contributed by atoms with E-state index in [4.69, 9.17) is 9.47 Å². The minimum absolute atomic E-state index is 0.341. The van der Waals surface area contributed by atoms with E-state index in [9.17, 15) is 4.79 Å². The molecule has 0 aromatic heterocycles. The van der Waals surface area contributed by atoms with Gasteiger partial charge in [-0.05, 0) is 53.3 Å². The van der Waals surface area contributed by atoms with Gasteiger partial charge >= 0.3 is 5.97 Å². The van der Waals surface area contributed by atoms with Gasteiger partial charge in [-0.25, -0.2) is 4.79 Å². The average Bonchev–Trinajstić information content (AvgIpc) is 2.42. The first-order valence-corrected chi connectivity index (χ1v) is 7.22. The Morgan fingerprint density at radius 2 is 2.00 bits per heavy atom. The van der Waals surface area contributed by atoms with Crippen LogP contribution in [0.25, 0.3) is 10.8 Å². The normalized spacial score (nSPS) is 12.2. The Balaban J connectivity index is 2.26. The van der Waals surface area contributed by atoms with E-state index >= 15 is 0 Å². The summed E-state index contributed by atoms with van der Waals surface area (Å²) in [6, 6.07) is 12.0. The zero-order valence-electron chi connectivity index (χ0n) is 10.9. The largest absolute Gasteiger partial charge is 0.478 e. The lowest BCUT2D eigenvalue weighted by atomic mass is 10.1. The summed E-state index contributed by atoms with van der Waals surface area (Å²) in [5.74, 6) is 0.367. The SMILES string of the molecule is CCOC(=O)C(C)Oc1ccc2ccccc2c1I. The van der Waals surface area contributed by atoms with Gasteiger partial charge in [-0.2, -0.15) is 0 Å². The molecule has 0 heterocycles. The highest BCUT2D eigenvalue weighted by atomic mass is 127. The molecule has 0 bridgehead atoms. The van der Waals surface area contributed by atoms with Gasteiger partial charge in [0, 0.05) is 0 Å². The second-order valence-electron chi connectivity index (χ2n) is 4.11. The summed E-state index contributed by atoms with van der Waals surface area (Å²) in [6.45, 7) is 3.84. The highest BCUT2D eigenvalue weighted by molar-refractivity contribution is 14.1. The van der Waals surface area contributed by atoms with Gasteiger partial charge in [-0.15, -0.1) is 0 Å². The molecule has 0 fully saturated rings. The van der Waals surface area contributed by atoms with Crippen LogP contribution >= 0.6 is 22.6 Å². The van der Waals surface area contributed by atoms with Crippen LogP contribution in [0.5, 0.6) is 5.75 Å². The van der Waals surface area contributed by atoms with Crippen molar-refractivity contribution in [2.75, 3.05) is 6.61 Å². The van der Waals surface area contributed by atoms with E-state index in [2.05, 4.69) is 28.7 Å². The Bertz CT molecular complexity index is 595. The zero-order valence-corrected chi connectivity index (χ0v) is 13.0. The molecule has 19 heavy (non-hydrogen) atoms. The first-order valence-electron chi connectivity index (χ1n) is 6.14. The van der Waals surface area contributed by atoms with Crippen LogP contribution in [-0.4, -0.2) is 18.7 Å². The van der Waals surface area contributed by atoms with E-state index in [-0.39, 0.29) is 5.97 Å². The van der Waals surface area contributed by atoms with Crippen molar-refractivity contribution in [1.82, 2.24) is 0 Å². The van der Waals surface area contributed by atoms with Crippen LogP contribution in [-0.2, 0) is 9.53 Å². The van der Waals surface area contributed by atoms with Crippen LogP contribution in [0.1, 0.15) is 13.8 Å². The van der Waals surface area contributed by atoms with Gasteiger partial charge in [-0.1, -0.05) is 30.3 Å². The molecule has 0 aliphatic heterocycles. The fraction of sp³-hybridized carbons (Fsp3) is 0.267. The maximum absolute atomic E-state index is 11.6. The molecule has 0 N–H and O–H groups in total. The van der Waals surface area contributed by atoms with Crippen LogP contribution in [0.4, 0.5) is 0 Å². The van der Waals surface area contributed by atoms with E-state index in [1.54, 1.807) is 13.8 Å². The van der Waals surface area contributed by atoms with E-state index in [1.165, 1.54) is 0 Å². The van der Waals surface area contributed by atoms with E-state index < -0.39 is 6.10 Å². The predicted molar refractivity (Wildman–Crippen MR) is 83.4 cm³/mol. The van der Waals surface area contributed by atoms with Gasteiger partial charge in [0.25, 0.3) is 0 Å². The van der Waals surface area contributed by atoms with Crippen molar-refractivity contribution >= 4 is 39.3 Å². The number of rotatable bonds is 4. The minimum atomic E-state index is -0.602. The highest BCUT2D eigenvalue weighted by Crippen LogP contribution is 2.30. The Labute approximate surface area is 126 Å². The van der Waals surface area contributed by atoms with E-state index in [0.29, 0.717) is 12.4 Å². The van der Waals surface area contributed by atoms with Crippen molar-refractivity contribution in [2.24, 2.45) is 0 Å². The lowest BCUT2D eigenvalue weighted by Crippen LogP contribution is -2.26. The molecule has 0 aliphatic rings. The molecule has 0 spiro atoms. The molecule has 2 rings (SSSR count). The number of ether oxygens (including phenoxy) is 2.